The number of likely N-dealkylation sites (N-methyl/N-ethyl adjacent to an activating group) is 1. The summed E-state index contributed by atoms with van der Waals surface area (Å²) in [5.41, 5.74) is 0. The van der Waals surface area contributed by atoms with Crippen molar-refractivity contribution in [3.63, 3.8) is 0 Å². The average Bonchev–Trinajstić information content (AvgIpc) is 2.80. The van der Waals surface area contributed by atoms with Crippen molar-refractivity contribution in [3.05, 3.63) is 46.9 Å². The van der Waals surface area contributed by atoms with Crippen LogP contribution in [0.4, 0.5) is 0 Å². The van der Waals surface area contributed by atoms with E-state index in [4.69, 9.17) is 9.47 Å². The van der Waals surface area contributed by atoms with Gasteiger partial charge >= 0.3 is 0 Å². The monoisotopic (exact) mass is 576 g/mol. The number of methoxy groups -OCH3 is 1. The Morgan fingerprint density at radius 3 is 2.65 bits per heavy atom. The Bertz CT molecular complexity index is 1240. The zero-order valence-corrected chi connectivity index (χ0v) is 22.6. The maximum Gasteiger partial charge on any atom is 0.247 e. The van der Waals surface area contributed by atoms with Gasteiger partial charge in [-0.2, -0.15) is 8.61 Å². The molecular formula is C22H29BrN2O7S2. The summed E-state index contributed by atoms with van der Waals surface area (Å²) in [6.45, 7) is 3.10. The molecule has 0 fully saturated rings. The largest absolute Gasteiger partial charge is 0.497 e. The van der Waals surface area contributed by atoms with Crippen molar-refractivity contribution in [3.8, 4) is 11.5 Å². The molecule has 0 spiro atoms. The molecule has 0 radical (unpaired) electrons. The molecule has 9 nitrogen and oxygen atoms in total. The molecule has 2 aromatic carbocycles. The Hall–Kier alpha value is -1.70. The molecule has 1 N–H and O–H groups in total. The van der Waals surface area contributed by atoms with Crippen LogP contribution in [0.3, 0.4) is 0 Å². The first-order valence-electron chi connectivity index (χ1n) is 10.6. The summed E-state index contributed by atoms with van der Waals surface area (Å²) in [7, 11) is -4.90. The Balaban J connectivity index is 2.00. The topological polar surface area (TPSA) is 113 Å². The molecule has 0 amide bonds. The number of sulfonamides is 2. The first-order valence-corrected chi connectivity index (χ1v) is 14.3. The Kier molecular flexibility index (Phi) is 8.31. The van der Waals surface area contributed by atoms with Gasteiger partial charge in [-0.1, -0.05) is 28.9 Å². The van der Waals surface area contributed by atoms with Crippen LogP contribution < -0.4 is 9.47 Å². The SMILES string of the molecule is COc1cccc(S(=O)(=O)N(C)C[C@@H]2Oc3cc(Br)ccc3S(=O)(=O)N([C@@H](C)CO)C[C@@H]2C)c1. The lowest BCUT2D eigenvalue weighted by Crippen LogP contribution is -2.50. The molecule has 34 heavy (non-hydrogen) atoms. The van der Waals surface area contributed by atoms with E-state index in [1.54, 1.807) is 38.1 Å². The molecule has 3 rings (SSSR count). The highest BCUT2D eigenvalue weighted by Crippen LogP contribution is 2.35. The zero-order chi connectivity index (χ0) is 25.3. The summed E-state index contributed by atoms with van der Waals surface area (Å²) < 4.78 is 67.5. The lowest BCUT2D eigenvalue weighted by Gasteiger charge is -2.37. The van der Waals surface area contributed by atoms with E-state index in [0.29, 0.717) is 10.2 Å². The van der Waals surface area contributed by atoms with Crippen LogP contribution in [0.2, 0.25) is 0 Å². The van der Waals surface area contributed by atoms with E-state index in [2.05, 4.69) is 15.9 Å². The molecule has 0 bridgehead atoms. The highest BCUT2D eigenvalue weighted by molar-refractivity contribution is 9.10. The summed E-state index contributed by atoms with van der Waals surface area (Å²) in [5, 5.41) is 9.70. The zero-order valence-electron chi connectivity index (χ0n) is 19.4. The predicted octanol–water partition coefficient (Wildman–Crippen LogP) is 2.55. The van der Waals surface area contributed by atoms with Gasteiger partial charge in [0, 0.05) is 36.1 Å². The van der Waals surface area contributed by atoms with E-state index < -0.39 is 32.2 Å². The molecule has 3 atom stereocenters. The average molecular weight is 578 g/mol. The number of benzene rings is 2. The maximum absolute atomic E-state index is 13.4. The molecule has 12 heteroatoms. The van der Waals surface area contributed by atoms with Gasteiger partial charge in [0.15, 0.2) is 0 Å². The van der Waals surface area contributed by atoms with Crippen LogP contribution in [0.1, 0.15) is 13.8 Å². The van der Waals surface area contributed by atoms with Crippen LogP contribution >= 0.6 is 15.9 Å². The molecule has 1 aliphatic rings. The Morgan fingerprint density at radius 1 is 1.29 bits per heavy atom. The van der Waals surface area contributed by atoms with Gasteiger partial charge < -0.3 is 14.6 Å². The van der Waals surface area contributed by atoms with Crippen molar-refractivity contribution in [1.29, 1.82) is 0 Å². The minimum absolute atomic E-state index is 0.0198. The smallest absolute Gasteiger partial charge is 0.247 e. The van der Waals surface area contributed by atoms with Crippen molar-refractivity contribution in [2.75, 3.05) is 33.9 Å². The number of nitrogens with zero attached hydrogens (tertiary/aromatic N) is 2. The Labute approximate surface area is 209 Å². The number of ether oxygens (including phenoxy) is 2. The number of halogens is 1. The number of aliphatic hydroxyl groups is 1. The van der Waals surface area contributed by atoms with Gasteiger partial charge in [0.1, 0.15) is 22.5 Å². The Morgan fingerprint density at radius 2 is 2.00 bits per heavy atom. The fourth-order valence-electron chi connectivity index (χ4n) is 3.71. The van der Waals surface area contributed by atoms with Gasteiger partial charge in [-0.05, 0) is 37.3 Å². The first-order chi connectivity index (χ1) is 15.9. The highest BCUT2D eigenvalue weighted by atomic mass is 79.9. The van der Waals surface area contributed by atoms with Gasteiger partial charge in [0.25, 0.3) is 0 Å². The minimum atomic E-state index is -3.95. The summed E-state index contributed by atoms with van der Waals surface area (Å²) >= 11 is 3.35. The third-order valence-electron chi connectivity index (χ3n) is 5.82. The summed E-state index contributed by atoms with van der Waals surface area (Å²) in [4.78, 5) is 0.0419. The van der Waals surface area contributed by atoms with Crippen molar-refractivity contribution < 1.29 is 31.4 Å². The molecule has 188 valence electrons. The van der Waals surface area contributed by atoms with Crippen LogP contribution in [0.15, 0.2) is 56.7 Å². The minimum Gasteiger partial charge on any atom is -0.497 e. The lowest BCUT2D eigenvalue weighted by molar-refractivity contribution is 0.0904. The molecule has 0 aliphatic carbocycles. The van der Waals surface area contributed by atoms with Crippen molar-refractivity contribution in [1.82, 2.24) is 8.61 Å². The van der Waals surface area contributed by atoms with Crippen LogP contribution in [0, 0.1) is 5.92 Å². The molecule has 0 unspecified atom stereocenters. The molecule has 0 aromatic heterocycles. The molecule has 1 heterocycles. The summed E-state index contributed by atoms with van der Waals surface area (Å²) in [5.74, 6) is 0.148. The first kappa shape index (κ1) is 26.9. The van der Waals surface area contributed by atoms with Gasteiger partial charge in [-0.3, -0.25) is 0 Å². The number of aliphatic hydroxyl groups excluding tert-OH is 1. The van der Waals surface area contributed by atoms with E-state index in [1.807, 2.05) is 0 Å². The van der Waals surface area contributed by atoms with E-state index >= 15 is 0 Å². The van der Waals surface area contributed by atoms with Gasteiger partial charge in [0.05, 0.1) is 25.2 Å². The van der Waals surface area contributed by atoms with Crippen LogP contribution in [-0.4, -0.2) is 76.6 Å². The van der Waals surface area contributed by atoms with E-state index in [9.17, 15) is 21.9 Å². The number of rotatable bonds is 7. The standard InChI is InChI=1S/C22H29BrN2O7S2/c1-15-12-25(16(2)14-26)34(29,30)22-9-8-17(23)10-20(22)32-21(15)13-24(3)33(27,28)19-7-5-6-18(11-19)31-4/h5-11,15-16,21,26H,12-14H2,1-4H3/t15-,16-,21-/m0/s1. The van der Waals surface area contributed by atoms with Crippen molar-refractivity contribution in [2.45, 2.75) is 35.8 Å². The molecule has 0 saturated heterocycles. The second-order valence-corrected chi connectivity index (χ2v) is 13.1. The number of hydrogen-bond acceptors (Lipinski definition) is 7. The quantitative estimate of drug-likeness (QED) is 0.538. The number of hydrogen-bond donors (Lipinski definition) is 1. The van der Waals surface area contributed by atoms with Crippen LogP contribution in [0.25, 0.3) is 0 Å². The third kappa shape index (κ3) is 5.42. The van der Waals surface area contributed by atoms with E-state index in [0.717, 1.165) is 0 Å². The van der Waals surface area contributed by atoms with Gasteiger partial charge in [-0.15, -0.1) is 0 Å². The van der Waals surface area contributed by atoms with Crippen molar-refractivity contribution >= 4 is 36.0 Å². The maximum atomic E-state index is 13.4. The second kappa shape index (κ2) is 10.5. The van der Waals surface area contributed by atoms with E-state index in [1.165, 1.54) is 41.0 Å². The van der Waals surface area contributed by atoms with Gasteiger partial charge in [0.2, 0.25) is 20.0 Å². The normalized spacial score (nSPS) is 21.7. The van der Waals surface area contributed by atoms with Crippen molar-refractivity contribution in [2.24, 2.45) is 5.92 Å². The fraction of sp³-hybridized carbons (Fsp3) is 0.455. The molecule has 2 aromatic rings. The number of fused-ring (bicyclic) bond motifs is 1. The van der Waals surface area contributed by atoms with Crippen LogP contribution in [-0.2, 0) is 20.0 Å². The second-order valence-electron chi connectivity index (χ2n) is 8.30. The third-order valence-corrected chi connectivity index (χ3v) is 10.1. The predicted molar refractivity (Wildman–Crippen MR) is 131 cm³/mol. The molecule has 0 saturated carbocycles. The summed E-state index contributed by atoms with van der Waals surface area (Å²) in [6.07, 6.45) is -0.665. The van der Waals surface area contributed by atoms with E-state index in [-0.39, 0.29) is 41.2 Å². The van der Waals surface area contributed by atoms with Gasteiger partial charge in [-0.25, -0.2) is 16.8 Å². The van der Waals surface area contributed by atoms with Crippen LogP contribution in [0.5, 0.6) is 11.5 Å². The summed E-state index contributed by atoms with van der Waals surface area (Å²) in [6, 6.07) is 10.1. The lowest BCUT2D eigenvalue weighted by atomic mass is 10.0. The molecule has 1 aliphatic heterocycles. The highest BCUT2D eigenvalue weighted by Gasteiger charge is 2.39. The molecular weight excluding hydrogens is 548 g/mol. The fourth-order valence-corrected chi connectivity index (χ4v) is 7.09.